The molecule has 0 radical (unpaired) electrons. The Morgan fingerprint density at radius 3 is 2.91 bits per heavy atom. The average Bonchev–Trinajstić information content (AvgIpc) is 3.32. The summed E-state index contributed by atoms with van der Waals surface area (Å²) in [6.07, 6.45) is -1.54. The van der Waals surface area contributed by atoms with Crippen LogP contribution in [0.3, 0.4) is 0 Å². The number of H-pyrrole nitrogens is 1. The Hall–Kier alpha value is -2.53. The maximum absolute atomic E-state index is 13.0. The van der Waals surface area contributed by atoms with E-state index >= 15 is 0 Å². The van der Waals surface area contributed by atoms with Gasteiger partial charge in [0, 0.05) is 4.88 Å². The number of thioether (sulfide) groups is 1. The molecule has 33 heavy (non-hydrogen) atoms. The molecule has 0 saturated carbocycles. The van der Waals surface area contributed by atoms with Crippen molar-refractivity contribution in [3.05, 3.63) is 56.4 Å². The van der Waals surface area contributed by atoms with Crippen LogP contribution < -0.4 is 15.6 Å². The fraction of sp³-hybridized carbons (Fsp3) is 0.409. The van der Waals surface area contributed by atoms with E-state index in [4.69, 9.17) is 4.74 Å². The van der Waals surface area contributed by atoms with E-state index in [1.165, 1.54) is 34.8 Å². The van der Waals surface area contributed by atoms with Crippen molar-refractivity contribution in [2.45, 2.75) is 44.2 Å². The first kappa shape index (κ1) is 23.6. The number of aromatic nitrogens is 2. The number of amides is 1. The smallest absolute Gasteiger partial charge is 0.419 e. The summed E-state index contributed by atoms with van der Waals surface area (Å²) in [4.78, 5) is 34.0. The highest BCUT2D eigenvalue weighted by Crippen LogP contribution is 2.36. The Morgan fingerprint density at radius 2 is 2.12 bits per heavy atom. The molecule has 1 aromatic carbocycles. The highest BCUT2D eigenvalue weighted by Gasteiger charge is 2.34. The van der Waals surface area contributed by atoms with E-state index in [1.807, 2.05) is 0 Å². The number of nitrogens with one attached hydrogen (secondary N) is 2. The van der Waals surface area contributed by atoms with Crippen LogP contribution >= 0.6 is 23.1 Å². The third kappa shape index (κ3) is 5.52. The van der Waals surface area contributed by atoms with Crippen LogP contribution in [-0.2, 0) is 29.6 Å². The second-order valence-electron chi connectivity index (χ2n) is 7.82. The molecule has 1 aliphatic rings. The van der Waals surface area contributed by atoms with Crippen LogP contribution in [0.5, 0.6) is 5.75 Å². The molecule has 4 rings (SSSR count). The van der Waals surface area contributed by atoms with E-state index in [-0.39, 0.29) is 29.6 Å². The number of nitrogens with zero attached hydrogens (tertiary/aromatic N) is 1. The first-order valence-electron chi connectivity index (χ1n) is 10.4. The van der Waals surface area contributed by atoms with E-state index in [9.17, 15) is 22.8 Å². The Labute approximate surface area is 195 Å². The monoisotopic (exact) mass is 497 g/mol. The number of carbonyl (C=O) groups excluding carboxylic acids is 1. The van der Waals surface area contributed by atoms with Crippen molar-refractivity contribution in [1.82, 2.24) is 15.3 Å². The van der Waals surface area contributed by atoms with Crippen LogP contribution in [0.25, 0.3) is 10.2 Å². The maximum atomic E-state index is 13.0. The van der Waals surface area contributed by atoms with Crippen molar-refractivity contribution < 1.29 is 22.7 Å². The lowest BCUT2D eigenvalue weighted by atomic mass is 10.2. The van der Waals surface area contributed by atoms with E-state index in [0.717, 1.165) is 35.7 Å². The van der Waals surface area contributed by atoms with Gasteiger partial charge in [0.25, 0.3) is 5.56 Å². The van der Waals surface area contributed by atoms with Gasteiger partial charge in [-0.05, 0) is 43.9 Å². The van der Waals surface area contributed by atoms with Crippen molar-refractivity contribution in [2.24, 2.45) is 0 Å². The van der Waals surface area contributed by atoms with Gasteiger partial charge in [-0.3, -0.25) is 9.59 Å². The van der Waals surface area contributed by atoms with E-state index in [2.05, 4.69) is 15.3 Å². The van der Waals surface area contributed by atoms with Gasteiger partial charge in [-0.1, -0.05) is 12.1 Å². The molecule has 0 spiro atoms. The molecular weight excluding hydrogens is 475 g/mol. The molecule has 1 unspecified atom stereocenters. The zero-order valence-electron chi connectivity index (χ0n) is 17.8. The number of para-hydroxylation sites is 1. The lowest BCUT2D eigenvalue weighted by molar-refractivity contribution is -0.139. The third-order valence-electron chi connectivity index (χ3n) is 5.18. The molecule has 1 amide bonds. The first-order valence-corrected chi connectivity index (χ1v) is 12.4. The first-order chi connectivity index (χ1) is 15.7. The predicted octanol–water partition coefficient (Wildman–Crippen LogP) is 4.31. The Bertz CT molecular complexity index is 1220. The highest BCUT2D eigenvalue weighted by atomic mass is 32.2. The standard InChI is InChI=1S/C22H22F3N3O3S2/c1-12(9-31-15-7-3-2-6-14(15)22(23,24)25)26-18(29)11-32-10-17-27-20(30)19-13-5-4-8-16(13)33-21(19)28-17/h2-3,6-7,12H,4-5,8-11H2,1H3,(H,26,29)(H,27,28,30). The molecule has 11 heteroatoms. The number of thiophene rings is 1. The average molecular weight is 498 g/mol. The van der Waals surface area contributed by atoms with Gasteiger partial charge < -0.3 is 15.0 Å². The predicted molar refractivity (Wildman–Crippen MR) is 123 cm³/mol. The molecule has 1 aliphatic carbocycles. The van der Waals surface area contributed by atoms with E-state index in [0.29, 0.717) is 17.0 Å². The van der Waals surface area contributed by atoms with E-state index < -0.39 is 17.8 Å². The summed E-state index contributed by atoms with van der Waals surface area (Å²) in [5, 5.41) is 3.40. The number of fused-ring (bicyclic) bond motifs is 3. The number of ether oxygens (including phenoxy) is 1. The Morgan fingerprint density at radius 1 is 1.33 bits per heavy atom. The summed E-state index contributed by atoms with van der Waals surface area (Å²) in [6, 6.07) is 4.48. The largest absolute Gasteiger partial charge is 0.491 e. The van der Waals surface area contributed by atoms with Gasteiger partial charge in [0.05, 0.1) is 28.5 Å². The summed E-state index contributed by atoms with van der Waals surface area (Å²) in [5.74, 6) is 0.450. The normalized spacial score (nSPS) is 14.3. The number of benzene rings is 1. The fourth-order valence-corrected chi connectivity index (χ4v) is 5.74. The van der Waals surface area contributed by atoms with Crippen LogP contribution in [0.2, 0.25) is 0 Å². The van der Waals surface area contributed by atoms with Gasteiger partial charge in [-0.15, -0.1) is 23.1 Å². The zero-order valence-corrected chi connectivity index (χ0v) is 19.4. The molecular formula is C22H22F3N3O3S2. The van der Waals surface area contributed by atoms with Crippen molar-refractivity contribution in [3.63, 3.8) is 0 Å². The molecule has 2 N–H and O–H groups in total. The number of alkyl halides is 3. The molecule has 0 fully saturated rings. The minimum atomic E-state index is -4.51. The summed E-state index contributed by atoms with van der Waals surface area (Å²) in [6.45, 7) is 1.56. The second-order valence-corrected chi connectivity index (χ2v) is 9.89. The highest BCUT2D eigenvalue weighted by molar-refractivity contribution is 7.99. The SMILES string of the molecule is CC(COc1ccccc1C(F)(F)F)NC(=O)CSCc1nc2sc3c(c2c(=O)[nH]1)CCC3. The van der Waals surface area contributed by atoms with Gasteiger partial charge in [-0.2, -0.15) is 13.2 Å². The molecule has 6 nitrogen and oxygen atoms in total. The van der Waals surface area contributed by atoms with Gasteiger partial charge in [0.1, 0.15) is 23.0 Å². The van der Waals surface area contributed by atoms with Crippen LogP contribution in [0, 0.1) is 0 Å². The number of aromatic amines is 1. The molecule has 2 heterocycles. The van der Waals surface area contributed by atoms with Crippen molar-refractivity contribution in [2.75, 3.05) is 12.4 Å². The second kappa shape index (κ2) is 9.76. The number of hydrogen-bond acceptors (Lipinski definition) is 6. The van der Waals surface area contributed by atoms with Gasteiger partial charge in [0.2, 0.25) is 5.91 Å². The summed E-state index contributed by atoms with van der Waals surface area (Å²) < 4.78 is 44.4. The van der Waals surface area contributed by atoms with Crippen LogP contribution in [-0.4, -0.2) is 34.3 Å². The van der Waals surface area contributed by atoms with Gasteiger partial charge in [-0.25, -0.2) is 4.98 Å². The maximum Gasteiger partial charge on any atom is 0.419 e. The minimum absolute atomic E-state index is 0.0991. The number of rotatable bonds is 8. The molecule has 176 valence electrons. The Balaban J connectivity index is 1.26. The molecule has 0 bridgehead atoms. The molecule has 3 aromatic rings. The Kier molecular flexibility index (Phi) is 6.99. The summed E-state index contributed by atoms with van der Waals surface area (Å²) in [7, 11) is 0. The van der Waals surface area contributed by atoms with Gasteiger partial charge >= 0.3 is 6.18 Å². The molecule has 2 aromatic heterocycles. The van der Waals surface area contributed by atoms with Crippen molar-refractivity contribution >= 4 is 39.2 Å². The lowest BCUT2D eigenvalue weighted by Gasteiger charge is -2.17. The number of aryl methyl sites for hydroxylation is 2. The fourth-order valence-electron chi connectivity index (χ4n) is 3.76. The summed E-state index contributed by atoms with van der Waals surface area (Å²) >= 11 is 2.86. The summed E-state index contributed by atoms with van der Waals surface area (Å²) in [5.41, 5.74) is 0.134. The van der Waals surface area contributed by atoms with E-state index in [1.54, 1.807) is 18.3 Å². The molecule has 1 atom stereocenters. The van der Waals surface area contributed by atoms with Crippen molar-refractivity contribution in [3.8, 4) is 5.75 Å². The molecule has 0 aliphatic heterocycles. The van der Waals surface area contributed by atoms with Crippen LogP contribution in [0.4, 0.5) is 13.2 Å². The van der Waals surface area contributed by atoms with Crippen LogP contribution in [0.1, 0.15) is 35.2 Å². The lowest BCUT2D eigenvalue weighted by Crippen LogP contribution is -2.38. The molecule has 0 saturated heterocycles. The topological polar surface area (TPSA) is 84.1 Å². The number of hydrogen-bond donors (Lipinski definition) is 2. The zero-order chi connectivity index (χ0) is 23.6. The third-order valence-corrected chi connectivity index (χ3v) is 7.31. The van der Waals surface area contributed by atoms with Crippen molar-refractivity contribution in [1.29, 1.82) is 0 Å². The van der Waals surface area contributed by atoms with Crippen LogP contribution in [0.15, 0.2) is 29.1 Å². The quantitative estimate of drug-likeness (QED) is 0.485. The van der Waals surface area contributed by atoms with Gasteiger partial charge in [0.15, 0.2) is 0 Å². The number of carbonyl (C=O) groups is 1. The number of halogens is 3. The minimum Gasteiger partial charge on any atom is -0.491 e.